The van der Waals surface area contributed by atoms with E-state index < -0.39 is 29.1 Å². The molecule has 1 unspecified atom stereocenters. The summed E-state index contributed by atoms with van der Waals surface area (Å²) in [5, 5.41) is 9.34. The van der Waals surface area contributed by atoms with Crippen LogP contribution in [-0.2, 0) is 18.1 Å². The summed E-state index contributed by atoms with van der Waals surface area (Å²) in [5.41, 5.74) is -3.16. The number of carbonyl (C=O) groups is 1. The third-order valence-corrected chi connectivity index (χ3v) is 4.85. The Morgan fingerprint density at radius 3 is 2.42 bits per heavy atom. The third kappa shape index (κ3) is 5.78. The van der Waals surface area contributed by atoms with Gasteiger partial charge in [-0.3, -0.25) is 4.98 Å². The maximum atomic E-state index is 14.4. The van der Waals surface area contributed by atoms with Crippen molar-refractivity contribution in [2.24, 2.45) is 0 Å². The summed E-state index contributed by atoms with van der Waals surface area (Å²) >= 11 is 5.95. The van der Waals surface area contributed by atoms with Crippen LogP contribution in [0.4, 0.5) is 22.4 Å². The molecule has 0 saturated carbocycles. The highest BCUT2D eigenvalue weighted by Gasteiger charge is 2.42. The molecule has 1 aromatic carbocycles. The van der Waals surface area contributed by atoms with Crippen LogP contribution < -0.4 is 10.6 Å². The van der Waals surface area contributed by atoms with Crippen LogP contribution in [0.2, 0.25) is 5.02 Å². The first kappa shape index (κ1) is 24.4. The zero-order valence-corrected chi connectivity index (χ0v) is 18.6. The van der Waals surface area contributed by atoms with Crippen LogP contribution in [0.3, 0.4) is 0 Å². The molecule has 0 aliphatic rings. The van der Waals surface area contributed by atoms with Gasteiger partial charge in [0.2, 0.25) is 5.89 Å². The zero-order chi connectivity index (χ0) is 24.4. The number of urea groups is 1. The molecular formula is C21H20ClF4N5O2. The number of halogens is 5. The fourth-order valence-corrected chi connectivity index (χ4v) is 3.40. The molecule has 176 valence electrons. The molecule has 0 spiro atoms. The monoisotopic (exact) mass is 485 g/mol. The van der Waals surface area contributed by atoms with Crippen molar-refractivity contribution in [2.45, 2.75) is 44.9 Å². The third-order valence-electron chi connectivity index (χ3n) is 4.62. The average molecular weight is 486 g/mol. The molecule has 0 bridgehead atoms. The Hall–Kier alpha value is -3.21. The fourth-order valence-electron chi connectivity index (χ4n) is 3.29. The highest BCUT2D eigenvalue weighted by atomic mass is 35.5. The molecule has 0 radical (unpaired) electrons. The SMILES string of the molecule is Cc1nc(CC(NC(=O)NC(C)C)(c2cc(F)cc(C(F)(F)F)c2)c2ccc(Cl)cn2)no1. The number of carbonyl (C=O) groups excluding carboxylic acids is 1. The van der Waals surface area contributed by atoms with Crippen LogP contribution in [0.25, 0.3) is 0 Å². The highest BCUT2D eigenvalue weighted by molar-refractivity contribution is 6.30. The molecule has 7 nitrogen and oxygen atoms in total. The number of pyridine rings is 1. The maximum Gasteiger partial charge on any atom is 0.416 e. The van der Waals surface area contributed by atoms with Gasteiger partial charge in [-0.25, -0.2) is 9.18 Å². The second-order valence-electron chi connectivity index (χ2n) is 7.65. The molecule has 12 heteroatoms. The van der Waals surface area contributed by atoms with Gasteiger partial charge in [-0.2, -0.15) is 18.2 Å². The Labute approximate surface area is 191 Å². The van der Waals surface area contributed by atoms with E-state index in [1.807, 2.05) is 0 Å². The first-order chi connectivity index (χ1) is 15.4. The molecule has 2 aromatic heterocycles. The summed E-state index contributed by atoms with van der Waals surface area (Å²) < 4.78 is 60.0. The Balaban J connectivity index is 2.29. The maximum absolute atomic E-state index is 14.4. The number of benzene rings is 1. The van der Waals surface area contributed by atoms with Crippen LogP contribution in [0.5, 0.6) is 0 Å². The van der Waals surface area contributed by atoms with Gasteiger partial charge in [0.1, 0.15) is 11.4 Å². The Morgan fingerprint density at radius 2 is 1.88 bits per heavy atom. The molecule has 2 amide bonds. The molecule has 33 heavy (non-hydrogen) atoms. The Bertz CT molecular complexity index is 1130. The summed E-state index contributed by atoms with van der Waals surface area (Å²) in [6.45, 7) is 4.93. The summed E-state index contributed by atoms with van der Waals surface area (Å²) in [6.07, 6.45) is -3.86. The van der Waals surface area contributed by atoms with E-state index >= 15 is 0 Å². The van der Waals surface area contributed by atoms with E-state index in [0.29, 0.717) is 6.07 Å². The Morgan fingerprint density at radius 1 is 1.18 bits per heavy atom. The number of hydrogen-bond donors (Lipinski definition) is 2. The normalized spacial score (nSPS) is 13.6. The average Bonchev–Trinajstić information content (AvgIpc) is 3.10. The number of nitrogens with zero attached hydrogens (tertiary/aromatic N) is 3. The molecule has 0 aliphatic heterocycles. The van der Waals surface area contributed by atoms with E-state index in [1.165, 1.54) is 25.3 Å². The van der Waals surface area contributed by atoms with E-state index in [9.17, 15) is 22.4 Å². The van der Waals surface area contributed by atoms with Crippen molar-refractivity contribution in [3.63, 3.8) is 0 Å². The van der Waals surface area contributed by atoms with Crippen molar-refractivity contribution in [3.8, 4) is 0 Å². The lowest BCUT2D eigenvalue weighted by Crippen LogP contribution is -2.54. The predicted octanol–water partition coefficient (Wildman–Crippen LogP) is 4.78. The van der Waals surface area contributed by atoms with Crippen molar-refractivity contribution < 1.29 is 26.9 Å². The zero-order valence-electron chi connectivity index (χ0n) is 17.8. The smallest absolute Gasteiger partial charge is 0.340 e. The van der Waals surface area contributed by atoms with E-state index in [4.69, 9.17) is 16.1 Å². The van der Waals surface area contributed by atoms with Gasteiger partial charge in [0, 0.05) is 25.6 Å². The fraction of sp³-hybridized carbons (Fsp3) is 0.333. The predicted molar refractivity (Wildman–Crippen MR) is 111 cm³/mol. The number of alkyl halides is 3. The van der Waals surface area contributed by atoms with Crippen LogP contribution in [0, 0.1) is 12.7 Å². The molecule has 1 atom stereocenters. The second kappa shape index (κ2) is 9.34. The van der Waals surface area contributed by atoms with Crippen molar-refractivity contribution in [3.05, 3.63) is 75.9 Å². The van der Waals surface area contributed by atoms with Gasteiger partial charge in [-0.05, 0) is 49.7 Å². The van der Waals surface area contributed by atoms with Crippen molar-refractivity contribution in [2.75, 3.05) is 0 Å². The minimum Gasteiger partial charge on any atom is -0.340 e. The van der Waals surface area contributed by atoms with Crippen LogP contribution in [0.15, 0.2) is 41.1 Å². The van der Waals surface area contributed by atoms with Gasteiger partial charge in [0.05, 0.1) is 16.3 Å². The number of hydrogen-bond acceptors (Lipinski definition) is 5. The van der Waals surface area contributed by atoms with Gasteiger partial charge in [-0.1, -0.05) is 16.8 Å². The molecule has 2 N–H and O–H groups in total. The van der Waals surface area contributed by atoms with E-state index in [1.54, 1.807) is 13.8 Å². The molecule has 3 aromatic rings. The van der Waals surface area contributed by atoms with E-state index in [-0.39, 0.29) is 40.5 Å². The number of aryl methyl sites for hydroxylation is 1. The van der Waals surface area contributed by atoms with Gasteiger partial charge < -0.3 is 15.2 Å². The molecule has 0 saturated heterocycles. The lowest BCUT2D eigenvalue weighted by molar-refractivity contribution is -0.137. The van der Waals surface area contributed by atoms with Gasteiger partial charge in [0.15, 0.2) is 5.82 Å². The number of rotatable bonds is 6. The van der Waals surface area contributed by atoms with Gasteiger partial charge >= 0.3 is 12.2 Å². The molecule has 0 aliphatic carbocycles. The lowest BCUT2D eigenvalue weighted by atomic mass is 9.81. The summed E-state index contributed by atoms with van der Waals surface area (Å²) in [5.74, 6) is -0.884. The number of aromatic nitrogens is 3. The molecule has 0 fully saturated rings. The minimum absolute atomic E-state index is 0.0620. The lowest BCUT2D eigenvalue weighted by Gasteiger charge is -2.35. The van der Waals surface area contributed by atoms with Crippen molar-refractivity contribution >= 4 is 17.6 Å². The van der Waals surface area contributed by atoms with E-state index in [2.05, 4.69) is 25.8 Å². The first-order valence-electron chi connectivity index (χ1n) is 9.77. The standard InChI is InChI=1S/C21H20ClF4N5O2/c1-11(2)28-19(32)30-20(9-18-29-12(3)33-31-18,17-5-4-15(22)10-27-17)13-6-14(21(24,25)26)8-16(23)7-13/h4-8,10-11H,9H2,1-3H3,(H2,28,30,32). The summed E-state index contributed by atoms with van der Waals surface area (Å²) in [7, 11) is 0. The quantitative estimate of drug-likeness (QED) is 0.490. The first-order valence-corrected chi connectivity index (χ1v) is 10.1. The van der Waals surface area contributed by atoms with Gasteiger partial charge in [-0.15, -0.1) is 0 Å². The van der Waals surface area contributed by atoms with Crippen LogP contribution in [-0.4, -0.2) is 27.2 Å². The second-order valence-corrected chi connectivity index (χ2v) is 8.09. The van der Waals surface area contributed by atoms with Crippen LogP contribution >= 0.6 is 11.6 Å². The summed E-state index contributed by atoms with van der Waals surface area (Å²) in [4.78, 5) is 21.1. The number of nitrogens with one attached hydrogen (secondary N) is 2. The Kier molecular flexibility index (Phi) is 6.92. The highest BCUT2D eigenvalue weighted by Crippen LogP contribution is 2.37. The van der Waals surface area contributed by atoms with Crippen LogP contribution in [0.1, 0.15) is 42.4 Å². The van der Waals surface area contributed by atoms with Gasteiger partial charge in [0.25, 0.3) is 0 Å². The minimum atomic E-state index is -4.83. The van der Waals surface area contributed by atoms with Crippen molar-refractivity contribution in [1.29, 1.82) is 0 Å². The van der Waals surface area contributed by atoms with E-state index in [0.717, 1.165) is 12.1 Å². The molecular weight excluding hydrogens is 466 g/mol. The largest absolute Gasteiger partial charge is 0.416 e. The molecule has 3 rings (SSSR count). The summed E-state index contributed by atoms with van der Waals surface area (Å²) in [6, 6.07) is 3.87. The van der Waals surface area contributed by atoms with Crippen molar-refractivity contribution in [1.82, 2.24) is 25.8 Å². The molecule has 2 heterocycles. The topological polar surface area (TPSA) is 92.9 Å². The number of amides is 2.